The number of carbonyl (C=O) groups excluding carboxylic acids is 2. The lowest BCUT2D eigenvalue weighted by Gasteiger charge is -2.42. The smallest absolute Gasteiger partial charge is 0.286 e. The molecule has 5 nitrogen and oxygen atoms in total. The van der Waals surface area contributed by atoms with Gasteiger partial charge in [-0.05, 0) is 60.9 Å². The molecule has 0 unspecified atom stereocenters. The van der Waals surface area contributed by atoms with Gasteiger partial charge in [0.25, 0.3) is 11.8 Å². The Balaban J connectivity index is 1.30. The number of hydrogen-bond acceptors (Lipinski definition) is 3. The van der Waals surface area contributed by atoms with Gasteiger partial charge in [-0.3, -0.25) is 15.0 Å². The van der Waals surface area contributed by atoms with E-state index in [1.54, 1.807) is 22.8 Å². The number of H-pyrrole nitrogens is 1. The second kappa shape index (κ2) is 9.13. The maximum Gasteiger partial charge on any atom is 0.286 e. The zero-order valence-electron chi connectivity index (χ0n) is 19.7. The van der Waals surface area contributed by atoms with Gasteiger partial charge in [0, 0.05) is 16.5 Å². The van der Waals surface area contributed by atoms with Crippen LogP contribution in [0.4, 0.5) is 4.39 Å². The number of halogens is 1. The van der Waals surface area contributed by atoms with Crippen molar-refractivity contribution in [3.05, 3.63) is 95.9 Å². The number of nitrogens with zero attached hydrogens (tertiary/aromatic N) is 1. The van der Waals surface area contributed by atoms with E-state index in [-0.39, 0.29) is 11.7 Å². The highest BCUT2D eigenvalue weighted by molar-refractivity contribution is 8.01. The Kier molecular flexibility index (Phi) is 5.80. The van der Waals surface area contributed by atoms with E-state index >= 15 is 0 Å². The Labute approximate surface area is 213 Å². The normalized spacial score (nSPS) is 21.9. The van der Waals surface area contributed by atoms with Crippen molar-refractivity contribution < 1.29 is 14.0 Å². The van der Waals surface area contributed by atoms with Crippen LogP contribution in [0.25, 0.3) is 22.0 Å². The SMILES string of the molecule is O=C(NN1C(=O)CSC12CCC(c1ccccc1)CC2)c1[nH]c2ccc(F)cc2c1-c1ccccc1. The average molecular weight is 500 g/mol. The predicted molar refractivity (Wildman–Crippen MR) is 141 cm³/mol. The summed E-state index contributed by atoms with van der Waals surface area (Å²) in [5.41, 5.74) is 6.69. The lowest BCUT2D eigenvalue weighted by molar-refractivity contribution is -0.134. The molecule has 0 atom stereocenters. The van der Waals surface area contributed by atoms with Gasteiger partial charge in [-0.25, -0.2) is 9.40 Å². The highest BCUT2D eigenvalue weighted by Gasteiger charge is 2.49. The van der Waals surface area contributed by atoms with E-state index in [2.05, 4.69) is 34.7 Å². The molecule has 1 saturated carbocycles. The second-order valence-corrected chi connectivity index (χ2v) is 10.9. The first-order valence-corrected chi connectivity index (χ1v) is 13.2. The zero-order valence-corrected chi connectivity index (χ0v) is 20.5. The minimum atomic E-state index is -0.441. The molecule has 1 saturated heterocycles. The highest BCUT2D eigenvalue weighted by atomic mass is 32.2. The molecule has 2 fully saturated rings. The molecule has 1 aliphatic heterocycles. The molecular formula is C29H26FN3O2S. The van der Waals surface area contributed by atoms with Crippen LogP contribution in [0.15, 0.2) is 78.9 Å². The molecule has 2 amide bonds. The van der Waals surface area contributed by atoms with E-state index in [9.17, 15) is 14.0 Å². The summed E-state index contributed by atoms with van der Waals surface area (Å²) in [7, 11) is 0. The number of fused-ring (bicyclic) bond motifs is 1. The number of nitrogens with one attached hydrogen (secondary N) is 2. The predicted octanol–water partition coefficient (Wildman–Crippen LogP) is 6.25. The molecule has 4 aromatic rings. The summed E-state index contributed by atoms with van der Waals surface area (Å²) in [6.07, 6.45) is 3.54. The maximum absolute atomic E-state index is 14.1. The van der Waals surface area contributed by atoms with Crippen molar-refractivity contribution in [2.24, 2.45) is 0 Å². The Bertz CT molecular complexity index is 1430. The van der Waals surface area contributed by atoms with Gasteiger partial charge in [0.15, 0.2) is 0 Å². The van der Waals surface area contributed by atoms with Crippen molar-refractivity contribution in [3.8, 4) is 11.1 Å². The van der Waals surface area contributed by atoms with Crippen LogP contribution in [0, 0.1) is 5.82 Å². The van der Waals surface area contributed by atoms with E-state index in [0.29, 0.717) is 33.8 Å². The fourth-order valence-electron chi connectivity index (χ4n) is 5.61. The molecule has 182 valence electrons. The summed E-state index contributed by atoms with van der Waals surface area (Å²) in [6, 6.07) is 24.4. The van der Waals surface area contributed by atoms with Crippen LogP contribution in [0.5, 0.6) is 0 Å². The summed E-state index contributed by atoms with van der Waals surface area (Å²) in [4.78, 5) is 29.4. The van der Waals surface area contributed by atoms with Gasteiger partial charge in [-0.1, -0.05) is 60.7 Å². The third-order valence-corrected chi connectivity index (χ3v) is 8.94. The Morgan fingerprint density at radius 3 is 2.42 bits per heavy atom. The first kappa shape index (κ1) is 22.9. The van der Waals surface area contributed by atoms with Gasteiger partial charge in [-0.2, -0.15) is 0 Å². The largest absolute Gasteiger partial charge is 0.350 e. The fraction of sp³-hybridized carbons (Fsp3) is 0.241. The molecule has 2 N–H and O–H groups in total. The number of carbonyl (C=O) groups is 2. The van der Waals surface area contributed by atoms with Gasteiger partial charge >= 0.3 is 0 Å². The minimum absolute atomic E-state index is 0.0880. The van der Waals surface area contributed by atoms with Crippen LogP contribution in [-0.4, -0.2) is 32.4 Å². The standard InChI is InChI=1S/C29H26FN3O2S/c30-22-11-12-24-23(17-22)26(21-9-5-2-6-10-21)27(31-24)28(35)32-33-25(34)18-36-29(33)15-13-20(14-16-29)19-7-3-1-4-8-19/h1-12,17,20,31H,13-16,18H2,(H,32,35). The summed E-state index contributed by atoms with van der Waals surface area (Å²) >= 11 is 1.63. The molecule has 2 heterocycles. The Morgan fingerprint density at radius 2 is 1.69 bits per heavy atom. The number of hydrazine groups is 1. The molecule has 3 aromatic carbocycles. The number of aromatic amines is 1. The third-order valence-electron chi connectivity index (χ3n) is 7.42. The molecule has 1 aliphatic carbocycles. The monoisotopic (exact) mass is 499 g/mol. The number of amides is 2. The van der Waals surface area contributed by atoms with E-state index in [1.807, 2.05) is 36.4 Å². The number of rotatable bonds is 4. The first-order valence-electron chi connectivity index (χ1n) is 12.2. The van der Waals surface area contributed by atoms with Crippen molar-refractivity contribution in [1.82, 2.24) is 15.4 Å². The van der Waals surface area contributed by atoms with Crippen molar-refractivity contribution >= 4 is 34.5 Å². The summed E-state index contributed by atoms with van der Waals surface area (Å²) < 4.78 is 14.1. The second-order valence-electron chi connectivity index (χ2n) is 9.52. The topological polar surface area (TPSA) is 65.2 Å². The Morgan fingerprint density at radius 1 is 1.00 bits per heavy atom. The van der Waals surface area contributed by atoms with Crippen LogP contribution in [0.2, 0.25) is 0 Å². The molecule has 7 heteroatoms. The van der Waals surface area contributed by atoms with E-state index in [0.717, 1.165) is 31.2 Å². The third kappa shape index (κ3) is 3.97. The molecule has 36 heavy (non-hydrogen) atoms. The summed E-state index contributed by atoms with van der Waals surface area (Å²) in [6.45, 7) is 0. The highest BCUT2D eigenvalue weighted by Crippen LogP contribution is 2.49. The van der Waals surface area contributed by atoms with Gasteiger partial charge < -0.3 is 4.98 Å². The lowest BCUT2D eigenvalue weighted by Crippen LogP contribution is -2.55. The average Bonchev–Trinajstić information content (AvgIpc) is 3.43. The molecule has 0 bridgehead atoms. The van der Waals surface area contributed by atoms with Gasteiger partial charge in [0.05, 0.1) is 5.75 Å². The summed E-state index contributed by atoms with van der Waals surface area (Å²) in [5.74, 6) is -0.0506. The van der Waals surface area contributed by atoms with E-state index in [1.165, 1.54) is 17.7 Å². The van der Waals surface area contributed by atoms with Crippen LogP contribution in [0.1, 0.15) is 47.7 Å². The van der Waals surface area contributed by atoms with Crippen molar-refractivity contribution in [2.75, 3.05) is 5.75 Å². The lowest BCUT2D eigenvalue weighted by atomic mass is 9.81. The maximum atomic E-state index is 14.1. The van der Waals surface area contributed by atoms with Crippen LogP contribution in [0.3, 0.4) is 0 Å². The number of aromatic nitrogens is 1. The Hall–Kier alpha value is -3.58. The molecule has 1 spiro atoms. The van der Waals surface area contributed by atoms with Crippen molar-refractivity contribution in [2.45, 2.75) is 36.5 Å². The molecule has 2 aliphatic rings. The molecule has 0 radical (unpaired) electrons. The number of thioether (sulfide) groups is 1. The fourth-order valence-corrected chi connectivity index (χ4v) is 6.93. The minimum Gasteiger partial charge on any atom is -0.350 e. The van der Waals surface area contributed by atoms with E-state index < -0.39 is 10.8 Å². The molecule has 1 aromatic heterocycles. The van der Waals surface area contributed by atoms with Crippen LogP contribution in [-0.2, 0) is 4.79 Å². The molecular weight excluding hydrogens is 473 g/mol. The van der Waals surface area contributed by atoms with Crippen molar-refractivity contribution in [1.29, 1.82) is 0 Å². The summed E-state index contributed by atoms with van der Waals surface area (Å²) in [5, 5.41) is 2.20. The zero-order chi connectivity index (χ0) is 24.7. The molecule has 6 rings (SSSR count). The van der Waals surface area contributed by atoms with Gasteiger partial charge in [0.2, 0.25) is 0 Å². The number of hydrogen-bond donors (Lipinski definition) is 2. The van der Waals surface area contributed by atoms with Crippen molar-refractivity contribution in [3.63, 3.8) is 0 Å². The van der Waals surface area contributed by atoms with Crippen LogP contribution >= 0.6 is 11.8 Å². The van der Waals surface area contributed by atoms with Crippen LogP contribution < -0.4 is 5.43 Å². The quantitative estimate of drug-likeness (QED) is 0.349. The van der Waals surface area contributed by atoms with Gasteiger partial charge in [0.1, 0.15) is 16.4 Å². The number of benzene rings is 3. The van der Waals surface area contributed by atoms with E-state index in [4.69, 9.17) is 0 Å². The van der Waals surface area contributed by atoms with Gasteiger partial charge in [-0.15, -0.1) is 11.8 Å². The first-order chi connectivity index (χ1) is 17.5.